The highest BCUT2D eigenvalue weighted by Gasteiger charge is 2.39. The summed E-state index contributed by atoms with van der Waals surface area (Å²) >= 11 is 0. The third kappa shape index (κ3) is 3.73. The smallest absolute Gasteiger partial charge is 0.410 e. The van der Waals surface area contributed by atoms with E-state index in [4.69, 9.17) is 14.9 Å². The molecule has 2 N–H and O–H groups in total. The molecule has 5 nitrogen and oxygen atoms in total. The molecule has 1 heterocycles. The zero-order valence-corrected chi connectivity index (χ0v) is 12.5. The zero-order chi connectivity index (χ0) is 14.0. The number of nitrogens with zero attached hydrogens (tertiary/aromatic N) is 1. The predicted molar refractivity (Wildman–Crippen MR) is 72.3 cm³/mol. The number of aromatic nitrogens is 1. The van der Waals surface area contributed by atoms with E-state index < -0.39 is 14.4 Å². The van der Waals surface area contributed by atoms with Gasteiger partial charge >= 0.3 is 6.09 Å². The second-order valence-electron chi connectivity index (χ2n) is 5.64. The Labute approximate surface area is 108 Å². The van der Waals surface area contributed by atoms with E-state index in [2.05, 4.69) is 38.8 Å². The lowest BCUT2D eigenvalue weighted by Crippen LogP contribution is -2.43. The minimum absolute atomic E-state index is 0.0908. The van der Waals surface area contributed by atoms with Crippen molar-refractivity contribution in [2.24, 2.45) is 5.73 Å². The number of primary amides is 1. The van der Waals surface area contributed by atoms with E-state index in [1.54, 1.807) is 12.3 Å². The van der Waals surface area contributed by atoms with E-state index in [0.717, 1.165) is 0 Å². The van der Waals surface area contributed by atoms with Crippen molar-refractivity contribution in [1.29, 1.82) is 0 Å². The number of carbonyl (C=O) groups is 1. The maximum Gasteiger partial charge on any atom is 0.410 e. The molecule has 0 aliphatic rings. The fourth-order valence-corrected chi connectivity index (χ4v) is 2.08. The Morgan fingerprint density at radius 3 is 2.33 bits per heavy atom. The van der Waals surface area contributed by atoms with Gasteiger partial charge < -0.3 is 14.9 Å². The first-order chi connectivity index (χ1) is 8.12. The van der Waals surface area contributed by atoms with E-state index in [1.807, 2.05) is 0 Å². The highest BCUT2D eigenvalue weighted by Crippen LogP contribution is 2.37. The van der Waals surface area contributed by atoms with Crippen LogP contribution >= 0.6 is 0 Å². The number of ether oxygens (including phenoxy) is 1. The normalized spacial score (nSPS) is 12.1. The van der Waals surface area contributed by atoms with Crippen molar-refractivity contribution < 1.29 is 14.0 Å². The molecule has 0 atom stereocenters. The summed E-state index contributed by atoms with van der Waals surface area (Å²) in [6.45, 7) is 10.7. The van der Waals surface area contributed by atoms with Gasteiger partial charge in [0.05, 0.1) is 12.4 Å². The number of pyridine rings is 1. The predicted octanol–water partition coefficient (Wildman–Crippen LogP) is 2.92. The van der Waals surface area contributed by atoms with Crippen LogP contribution in [0.5, 0.6) is 11.5 Å². The van der Waals surface area contributed by atoms with Gasteiger partial charge in [-0.05, 0) is 18.1 Å². The third-order valence-corrected chi connectivity index (χ3v) is 7.44. The first-order valence-electron chi connectivity index (χ1n) is 5.73. The summed E-state index contributed by atoms with van der Waals surface area (Å²) in [5, 5.41) is 0.0908. The molecule has 0 aromatic carbocycles. The van der Waals surface area contributed by atoms with E-state index in [-0.39, 0.29) is 5.04 Å². The molecule has 0 radical (unpaired) electrons. The fourth-order valence-electron chi connectivity index (χ4n) is 1.07. The number of amides is 1. The monoisotopic (exact) mass is 268 g/mol. The van der Waals surface area contributed by atoms with Crippen molar-refractivity contribution in [3.05, 3.63) is 18.5 Å². The molecule has 0 bridgehead atoms. The molecule has 1 rings (SSSR count). The van der Waals surface area contributed by atoms with Crippen LogP contribution in [0.1, 0.15) is 20.8 Å². The molecular formula is C12H20N2O3Si. The summed E-state index contributed by atoms with van der Waals surface area (Å²) in [6.07, 6.45) is 2.17. The topological polar surface area (TPSA) is 74.4 Å². The molecule has 1 aromatic rings. The molecule has 18 heavy (non-hydrogen) atoms. The minimum atomic E-state index is -1.92. The van der Waals surface area contributed by atoms with Crippen LogP contribution in [0, 0.1) is 0 Å². The Balaban J connectivity index is 2.89. The Morgan fingerprint density at radius 1 is 1.28 bits per heavy atom. The van der Waals surface area contributed by atoms with Crippen LogP contribution in [-0.4, -0.2) is 19.4 Å². The van der Waals surface area contributed by atoms with Crippen LogP contribution in [0.3, 0.4) is 0 Å². The minimum Gasteiger partial charge on any atom is -0.542 e. The van der Waals surface area contributed by atoms with Crippen molar-refractivity contribution in [1.82, 2.24) is 4.98 Å². The lowest BCUT2D eigenvalue weighted by Gasteiger charge is -2.36. The number of hydrogen-bond donors (Lipinski definition) is 1. The first kappa shape index (κ1) is 14.5. The largest absolute Gasteiger partial charge is 0.542 e. The van der Waals surface area contributed by atoms with Crippen molar-refractivity contribution in [3.8, 4) is 11.5 Å². The first-order valence-corrected chi connectivity index (χ1v) is 8.64. The second kappa shape index (κ2) is 4.97. The van der Waals surface area contributed by atoms with Crippen molar-refractivity contribution in [3.63, 3.8) is 0 Å². The molecule has 0 saturated carbocycles. The van der Waals surface area contributed by atoms with E-state index in [0.29, 0.717) is 11.5 Å². The molecule has 1 aromatic heterocycles. The number of hydrogen-bond acceptors (Lipinski definition) is 4. The zero-order valence-electron chi connectivity index (χ0n) is 11.5. The molecule has 1 amide bonds. The lowest BCUT2D eigenvalue weighted by atomic mass is 10.2. The second-order valence-corrected chi connectivity index (χ2v) is 10.4. The van der Waals surface area contributed by atoms with Gasteiger partial charge in [0.25, 0.3) is 8.32 Å². The van der Waals surface area contributed by atoms with Gasteiger partial charge in [0.2, 0.25) is 0 Å². The van der Waals surface area contributed by atoms with Crippen LogP contribution in [-0.2, 0) is 0 Å². The van der Waals surface area contributed by atoms with Gasteiger partial charge in [-0.2, -0.15) is 0 Å². The number of rotatable bonds is 3. The average Bonchev–Trinajstić information content (AvgIpc) is 2.14. The third-order valence-electron chi connectivity index (χ3n) is 3.09. The summed E-state index contributed by atoms with van der Waals surface area (Å²) in [6, 6.07) is 1.62. The fraction of sp³-hybridized carbons (Fsp3) is 0.500. The lowest BCUT2D eigenvalue weighted by molar-refractivity contribution is 0.210. The average molecular weight is 268 g/mol. The SMILES string of the molecule is CC(C)(C)[Si](C)(C)Oc1cncc(OC(N)=O)c1. The molecular weight excluding hydrogens is 248 g/mol. The van der Waals surface area contributed by atoms with Crippen molar-refractivity contribution >= 4 is 14.4 Å². The molecule has 0 fully saturated rings. The Bertz CT molecular complexity index is 441. The van der Waals surface area contributed by atoms with Gasteiger partial charge in [0.1, 0.15) is 5.75 Å². The van der Waals surface area contributed by atoms with Gasteiger partial charge in [0.15, 0.2) is 5.75 Å². The summed E-state index contributed by atoms with van der Waals surface area (Å²) in [5.41, 5.74) is 4.95. The van der Waals surface area contributed by atoms with Crippen molar-refractivity contribution in [2.45, 2.75) is 38.9 Å². The van der Waals surface area contributed by atoms with Gasteiger partial charge in [-0.3, -0.25) is 4.98 Å². The Morgan fingerprint density at radius 2 is 1.83 bits per heavy atom. The number of nitrogens with two attached hydrogens (primary N) is 1. The molecule has 0 saturated heterocycles. The molecule has 6 heteroatoms. The quantitative estimate of drug-likeness (QED) is 0.855. The van der Waals surface area contributed by atoms with Crippen LogP contribution in [0.4, 0.5) is 4.79 Å². The molecule has 0 aliphatic carbocycles. The van der Waals surface area contributed by atoms with Crippen LogP contribution in [0.25, 0.3) is 0 Å². The van der Waals surface area contributed by atoms with Crippen LogP contribution in [0.15, 0.2) is 18.5 Å². The Kier molecular flexibility index (Phi) is 4.01. The van der Waals surface area contributed by atoms with Gasteiger partial charge in [-0.25, -0.2) is 4.79 Å². The summed E-state index contributed by atoms with van der Waals surface area (Å²) in [7, 11) is -1.92. The van der Waals surface area contributed by atoms with E-state index in [1.165, 1.54) is 6.20 Å². The van der Waals surface area contributed by atoms with Gasteiger partial charge in [0, 0.05) is 6.07 Å². The maximum atomic E-state index is 10.7. The summed E-state index contributed by atoms with van der Waals surface area (Å²) in [5.74, 6) is 0.888. The summed E-state index contributed by atoms with van der Waals surface area (Å²) in [4.78, 5) is 14.6. The van der Waals surface area contributed by atoms with Gasteiger partial charge in [-0.1, -0.05) is 20.8 Å². The standard InChI is InChI=1S/C12H20N2O3Si/c1-12(2,3)18(4,5)17-10-6-9(7-14-8-10)16-11(13)15/h6-8H,1-5H3,(H2,13,15). The van der Waals surface area contributed by atoms with Crippen LogP contribution in [0.2, 0.25) is 18.1 Å². The highest BCUT2D eigenvalue weighted by atomic mass is 28.4. The van der Waals surface area contributed by atoms with E-state index >= 15 is 0 Å². The molecule has 0 spiro atoms. The van der Waals surface area contributed by atoms with E-state index in [9.17, 15) is 4.79 Å². The maximum absolute atomic E-state index is 10.7. The van der Waals surface area contributed by atoms with Crippen LogP contribution < -0.4 is 14.9 Å². The van der Waals surface area contributed by atoms with Crippen molar-refractivity contribution in [2.75, 3.05) is 0 Å². The highest BCUT2D eigenvalue weighted by molar-refractivity contribution is 6.74. The Hall–Kier alpha value is -1.56. The molecule has 100 valence electrons. The summed E-state index contributed by atoms with van der Waals surface area (Å²) < 4.78 is 10.8. The van der Waals surface area contributed by atoms with Gasteiger partial charge in [-0.15, -0.1) is 0 Å². The molecule has 0 aliphatic heterocycles. The molecule has 0 unspecified atom stereocenters. The number of carbonyl (C=O) groups excluding carboxylic acids is 1.